The van der Waals surface area contributed by atoms with Crippen LogP contribution in [0.1, 0.15) is 13.0 Å². The first kappa shape index (κ1) is 11.6. The maximum Gasteiger partial charge on any atom is 0.342 e. The van der Waals surface area contributed by atoms with Gasteiger partial charge in [-0.2, -0.15) is 0 Å². The van der Waals surface area contributed by atoms with Crippen LogP contribution in [0.15, 0.2) is 4.79 Å². The molecule has 0 aromatic carbocycles. The van der Waals surface area contributed by atoms with Crippen molar-refractivity contribution in [3.05, 3.63) is 15.3 Å². The number of hydrogen-bond acceptors (Lipinski definition) is 4. The summed E-state index contributed by atoms with van der Waals surface area (Å²) in [6, 6.07) is 0.0700. The highest BCUT2D eigenvalue weighted by atomic mass is 32.1. The normalized spacial score (nSPS) is 19.8. The molecule has 1 aliphatic heterocycles. The minimum absolute atomic E-state index is 0.0700. The topological polar surface area (TPSA) is 66.0 Å². The lowest BCUT2D eigenvalue weighted by Crippen LogP contribution is -2.40. The molecule has 1 atom stereocenters. The lowest BCUT2D eigenvalue weighted by Gasteiger charge is -2.29. The predicted molar refractivity (Wildman–Crippen MR) is 62.2 cm³/mol. The summed E-state index contributed by atoms with van der Waals surface area (Å²) in [7, 11) is 0. The maximum atomic E-state index is 11.5. The SMILES string of the molecule is CC(CN1CCOCC1)n1c(=O)[nH][nH]c1=S. The Morgan fingerprint density at radius 1 is 1.44 bits per heavy atom. The van der Waals surface area contributed by atoms with E-state index in [-0.39, 0.29) is 11.7 Å². The molecular formula is C9H16N4O2S. The molecule has 6 nitrogen and oxygen atoms in total. The van der Waals surface area contributed by atoms with Crippen molar-refractivity contribution in [1.82, 2.24) is 19.7 Å². The van der Waals surface area contributed by atoms with Gasteiger partial charge in [-0.1, -0.05) is 0 Å². The van der Waals surface area contributed by atoms with Crippen LogP contribution in [0.2, 0.25) is 0 Å². The number of nitrogens with one attached hydrogen (secondary N) is 2. The molecule has 0 saturated carbocycles. The van der Waals surface area contributed by atoms with Crippen LogP contribution in [-0.4, -0.2) is 52.5 Å². The van der Waals surface area contributed by atoms with Crippen LogP contribution in [0.4, 0.5) is 0 Å². The van der Waals surface area contributed by atoms with Crippen molar-refractivity contribution in [2.24, 2.45) is 0 Å². The largest absolute Gasteiger partial charge is 0.379 e. The number of aromatic amines is 2. The quantitative estimate of drug-likeness (QED) is 0.742. The van der Waals surface area contributed by atoms with Crippen LogP contribution in [-0.2, 0) is 4.74 Å². The summed E-state index contributed by atoms with van der Waals surface area (Å²) in [6.07, 6.45) is 0. The predicted octanol–water partition coefficient (Wildman–Crippen LogP) is 0.127. The fraction of sp³-hybridized carbons (Fsp3) is 0.778. The van der Waals surface area contributed by atoms with Gasteiger partial charge in [-0.25, -0.2) is 9.89 Å². The van der Waals surface area contributed by atoms with Crippen molar-refractivity contribution in [3.63, 3.8) is 0 Å². The van der Waals surface area contributed by atoms with Crippen molar-refractivity contribution in [2.75, 3.05) is 32.8 Å². The smallest absolute Gasteiger partial charge is 0.342 e. The number of H-pyrrole nitrogens is 2. The first-order chi connectivity index (χ1) is 7.68. The summed E-state index contributed by atoms with van der Waals surface area (Å²) in [5, 5.41) is 5.14. The molecule has 0 radical (unpaired) electrons. The molecule has 1 aromatic rings. The molecule has 7 heteroatoms. The molecule has 0 bridgehead atoms. The lowest BCUT2D eigenvalue weighted by molar-refractivity contribution is 0.0323. The maximum absolute atomic E-state index is 11.5. The van der Waals surface area contributed by atoms with Gasteiger partial charge in [0.15, 0.2) is 4.77 Å². The highest BCUT2D eigenvalue weighted by Crippen LogP contribution is 2.07. The summed E-state index contributed by atoms with van der Waals surface area (Å²) in [5.74, 6) is 0. The molecule has 2 heterocycles. The van der Waals surface area contributed by atoms with Gasteiger partial charge in [0.2, 0.25) is 0 Å². The molecule has 16 heavy (non-hydrogen) atoms. The van der Waals surface area contributed by atoms with Crippen LogP contribution in [0.3, 0.4) is 0 Å². The average Bonchev–Trinajstić information content (AvgIpc) is 2.60. The van der Waals surface area contributed by atoms with E-state index in [1.54, 1.807) is 4.57 Å². The molecular weight excluding hydrogens is 228 g/mol. The van der Waals surface area contributed by atoms with Gasteiger partial charge in [0.05, 0.1) is 19.3 Å². The molecule has 1 saturated heterocycles. The number of ether oxygens (including phenoxy) is 1. The van der Waals surface area contributed by atoms with Crippen molar-refractivity contribution >= 4 is 12.2 Å². The van der Waals surface area contributed by atoms with E-state index in [0.717, 1.165) is 32.8 Å². The van der Waals surface area contributed by atoms with E-state index < -0.39 is 0 Å². The molecule has 2 N–H and O–H groups in total. The Bertz CT molecular complexity index is 415. The van der Waals surface area contributed by atoms with Gasteiger partial charge < -0.3 is 4.74 Å². The minimum Gasteiger partial charge on any atom is -0.379 e. The standard InChI is InChI=1S/C9H16N4O2S/c1-7(6-12-2-4-15-5-3-12)13-8(14)10-11-9(13)16/h7H,2-6H2,1H3,(H,10,14)(H,11,16). The van der Waals surface area contributed by atoms with Crippen molar-refractivity contribution < 1.29 is 4.74 Å². The fourth-order valence-corrected chi connectivity index (χ4v) is 2.27. The fourth-order valence-electron chi connectivity index (χ4n) is 1.96. The Morgan fingerprint density at radius 2 is 2.12 bits per heavy atom. The molecule has 1 aliphatic rings. The van der Waals surface area contributed by atoms with E-state index in [0.29, 0.717) is 4.77 Å². The third-order valence-corrected chi connectivity index (χ3v) is 3.08. The van der Waals surface area contributed by atoms with Crippen molar-refractivity contribution in [1.29, 1.82) is 0 Å². The van der Waals surface area contributed by atoms with Gasteiger partial charge in [-0.05, 0) is 19.1 Å². The molecule has 2 rings (SSSR count). The summed E-state index contributed by atoms with van der Waals surface area (Å²) < 4.78 is 7.30. The minimum atomic E-state index is -0.175. The van der Waals surface area contributed by atoms with E-state index in [9.17, 15) is 4.79 Å². The van der Waals surface area contributed by atoms with Gasteiger partial charge in [0.25, 0.3) is 0 Å². The summed E-state index contributed by atoms with van der Waals surface area (Å²) >= 11 is 5.05. The number of rotatable bonds is 3. The number of nitrogens with zero attached hydrogens (tertiary/aromatic N) is 2. The van der Waals surface area contributed by atoms with E-state index in [2.05, 4.69) is 15.1 Å². The third kappa shape index (κ3) is 2.42. The van der Waals surface area contributed by atoms with Crippen molar-refractivity contribution in [2.45, 2.75) is 13.0 Å². The van der Waals surface area contributed by atoms with Gasteiger partial charge in [-0.3, -0.25) is 14.6 Å². The first-order valence-electron chi connectivity index (χ1n) is 5.38. The first-order valence-corrected chi connectivity index (χ1v) is 5.78. The highest BCUT2D eigenvalue weighted by Gasteiger charge is 2.16. The Balaban J connectivity index is 2.05. The van der Waals surface area contributed by atoms with E-state index in [4.69, 9.17) is 17.0 Å². The second-order valence-electron chi connectivity index (χ2n) is 3.99. The molecule has 1 unspecified atom stereocenters. The Hall–Kier alpha value is -0.920. The zero-order valence-electron chi connectivity index (χ0n) is 9.23. The summed E-state index contributed by atoms with van der Waals surface area (Å²) in [6.45, 7) is 6.18. The van der Waals surface area contributed by atoms with Crippen LogP contribution >= 0.6 is 12.2 Å². The number of hydrogen-bond donors (Lipinski definition) is 2. The summed E-state index contributed by atoms with van der Waals surface area (Å²) in [4.78, 5) is 13.8. The lowest BCUT2D eigenvalue weighted by atomic mass is 10.3. The van der Waals surface area contributed by atoms with Crippen LogP contribution in [0.5, 0.6) is 0 Å². The molecule has 0 amide bonds. The molecule has 1 fully saturated rings. The Labute approximate surface area is 98.2 Å². The average molecular weight is 244 g/mol. The summed E-state index contributed by atoms with van der Waals surface area (Å²) in [5.41, 5.74) is -0.175. The van der Waals surface area contributed by atoms with Gasteiger partial charge >= 0.3 is 5.69 Å². The number of morpholine rings is 1. The second-order valence-corrected chi connectivity index (χ2v) is 4.38. The molecule has 0 aliphatic carbocycles. The zero-order valence-corrected chi connectivity index (χ0v) is 10.0. The molecule has 0 spiro atoms. The van der Waals surface area contributed by atoms with E-state index >= 15 is 0 Å². The Morgan fingerprint density at radius 3 is 2.69 bits per heavy atom. The van der Waals surface area contributed by atoms with Crippen LogP contribution < -0.4 is 5.69 Å². The number of aromatic nitrogens is 3. The van der Waals surface area contributed by atoms with E-state index in [1.165, 1.54) is 0 Å². The van der Waals surface area contributed by atoms with Crippen LogP contribution in [0.25, 0.3) is 0 Å². The zero-order chi connectivity index (χ0) is 11.5. The van der Waals surface area contributed by atoms with E-state index in [1.807, 2.05) is 6.92 Å². The molecule has 1 aromatic heterocycles. The van der Waals surface area contributed by atoms with Gasteiger partial charge in [0.1, 0.15) is 0 Å². The third-order valence-electron chi connectivity index (χ3n) is 2.78. The van der Waals surface area contributed by atoms with Crippen LogP contribution in [0, 0.1) is 4.77 Å². The van der Waals surface area contributed by atoms with Gasteiger partial charge in [0, 0.05) is 19.6 Å². The second kappa shape index (κ2) is 4.94. The van der Waals surface area contributed by atoms with Crippen molar-refractivity contribution in [3.8, 4) is 0 Å². The highest BCUT2D eigenvalue weighted by molar-refractivity contribution is 7.71. The Kier molecular flexibility index (Phi) is 3.57. The molecule has 90 valence electrons. The monoisotopic (exact) mass is 244 g/mol. The van der Waals surface area contributed by atoms with Gasteiger partial charge in [-0.15, -0.1) is 0 Å².